The number of phenols is 1. The van der Waals surface area contributed by atoms with Crippen LogP contribution in [0.1, 0.15) is 24.8 Å². The van der Waals surface area contributed by atoms with Crippen molar-refractivity contribution in [2.75, 3.05) is 0 Å². The molecule has 1 saturated carbocycles. The lowest BCUT2D eigenvalue weighted by atomic mass is 10.1. The Bertz CT molecular complexity index is 267. The van der Waals surface area contributed by atoms with Crippen molar-refractivity contribution < 1.29 is 5.11 Å². The lowest BCUT2D eigenvalue weighted by Crippen LogP contribution is -1.80. The minimum atomic E-state index is 0.460. The van der Waals surface area contributed by atoms with Gasteiger partial charge in [0, 0.05) is 0 Å². The fourth-order valence-corrected chi connectivity index (χ4v) is 1.56. The van der Waals surface area contributed by atoms with Gasteiger partial charge < -0.3 is 5.11 Å². The van der Waals surface area contributed by atoms with Gasteiger partial charge in [-0.2, -0.15) is 0 Å². The molecular weight excluding hydrogens is 136 g/mol. The first kappa shape index (κ1) is 6.71. The SMILES string of the molecule is C[C@@H]1C[C@H]1c1ccccc1O. The minimum Gasteiger partial charge on any atom is -0.508 e. The Hall–Kier alpha value is -0.980. The van der Waals surface area contributed by atoms with Gasteiger partial charge in [-0.05, 0) is 29.9 Å². The third-order valence-electron chi connectivity index (χ3n) is 2.45. The fraction of sp³-hybridized carbons (Fsp3) is 0.400. The van der Waals surface area contributed by atoms with Crippen molar-refractivity contribution >= 4 is 0 Å². The Kier molecular flexibility index (Phi) is 1.38. The van der Waals surface area contributed by atoms with Gasteiger partial charge in [0.1, 0.15) is 5.75 Å². The van der Waals surface area contributed by atoms with Crippen molar-refractivity contribution in [1.82, 2.24) is 0 Å². The lowest BCUT2D eigenvalue weighted by Gasteiger charge is -2.00. The Labute approximate surface area is 66.7 Å². The van der Waals surface area contributed by atoms with E-state index in [-0.39, 0.29) is 0 Å². The van der Waals surface area contributed by atoms with Gasteiger partial charge in [0.25, 0.3) is 0 Å². The molecule has 2 atom stereocenters. The van der Waals surface area contributed by atoms with Crippen molar-refractivity contribution in [2.45, 2.75) is 19.3 Å². The average molecular weight is 148 g/mol. The maximum Gasteiger partial charge on any atom is 0.119 e. The fourth-order valence-electron chi connectivity index (χ4n) is 1.56. The third-order valence-corrected chi connectivity index (χ3v) is 2.45. The van der Waals surface area contributed by atoms with Gasteiger partial charge in [-0.25, -0.2) is 0 Å². The molecule has 1 aromatic rings. The second kappa shape index (κ2) is 2.26. The first-order valence-electron chi connectivity index (χ1n) is 4.07. The second-order valence-corrected chi connectivity index (χ2v) is 3.38. The number of hydrogen-bond acceptors (Lipinski definition) is 1. The molecule has 2 rings (SSSR count). The zero-order chi connectivity index (χ0) is 7.84. The van der Waals surface area contributed by atoms with Crippen molar-refractivity contribution in [3.05, 3.63) is 29.8 Å². The summed E-state index contributed by atoms with van der Waals surface area (Å²) in [5.74, 6) is 1.85. The molecule has 1 heteroatoms. The second-order valence-electron chi connectivity index (χ2n) is 3.38. The van der Waals surface area contributed by atoms with Crippen molar-refractivity contribution in [3.63, 3.8) is 0 Å². The third kappa shape index (κ3) is 1.11. The van der Waals surface area contributed by atoms with Gasteiger partial charge in [0.15, 0.2) is 0 Å². The van der Waals surface area contributed by atoms with Crippen LogP contribution in [0, 0.1) is 5.92 Å². The number of benzene rings is 1. The van der Waals surface area contributed by atoms with E-state index in [2.05, 4.69) is 6.92 Å². The maximum absolute atomic E-state index is 9.44. The summed E-state index contributed by atoms with van der Waals surface area (Å²) in [5.41, 5.74) is 1.13. The Morgan fingerprint density at radius 3 is 2.55 bits per heavy atom. The van der Waals surface area contributed by atoms with Gasteiger partial charge in [-0.1, -0.05) is 25.1 Å². The largest absolute Gasteiger partial charge is 0.508 e. The summed E-state index contributed by atoms with van der Waals surface area (Å²) in [7, 11) is 0. The molecule has 0 heterocycles. The van der Waals surface area contributed by atoms with Gasteiger partial charge >= 0.3 is 0 Å². The monoisotopic (exact) mass is 148 g/mol. The number of phenolic OH excluding ortho intramolecular Hbond substituents is 1. The first-order valence-corrected chi connectivity index (χ1v) is 4.07. The first-order chi connectivity index (χ1) is 5.29. The smallest absolute Gasteiger partial charge is 0.119 e. The molecule has 1 aromatic carbocycles. The summed E-state index contributed by atoms with van der Waals surface area (Å²) in [6.07, 6.45) is 1.23. The molecule has 0 spiro atoms. The highest BCUT2D eigenvalue weighted by Gasteiger charge is 2.35. The number of aromatic hydroxyl groups is 1. The van der Waals surface area contributed by atoms with E-state index in [0.29, 0.717) is 11.7 Å². The summed E-state index contributed by atoms with van der Waals surface area (Å²) in [4.78, 5) is 0. The molecule has 1 nitrogen and oxygen atoms in total. The number of rotatable bonds is 1. The average Bonchev–Trinajstić information content (AvgIpc) is 2.68. The molecule has 11 heavy (non-hydrogen) atoms. The summed E-state index contributed by atoms with van der Waals surface area (Å²) in [5, 5.41) is 9.44. The number of para-hydroxylation sites is 1. The van der Waals surface area contributed by atoms with Gasteiger partial charge in [-0.3, -0.25) is 0 Å². The molecule has 0 aliphatic heterocycles. The Balaban J connectivity index is 2.31. The summed E-state index contributed by atoms with van der Waals surface area (Å²) >= 11 is 0. The van der Waals surface area contributed by atoms with E-state index in [1.54, 1.807) is 6.07 Å². The van der Waals surface area contributed by atoms with Crippen LogP contribution < -0.4 is 0 Å². The Morgan fingerprint density at radius 2 is 2.00 bits per heavy atom. The van der Waals surface area contributed by atoms with Crippen molar-refractivity contribution in [3.8, 4) is 5.75 Å². The molecule has 1 aliphatic carbocycles. The zero-order valence-corrected chi connectivity index (χ0v) is 6.62. The lowest BCUT2D eigenvalue weighted by molar-refractivity contribution is 0.467. The summed E-state index contributed by atoms with van der Waals surface area (Å²) in [6.45, 7) is 2.22. The normalized spacial score (nSPS) is 28.5. The molecule has 0 saturated heterocycles. The van der Waals surface area contributed by atoms with Gasteiger partial charge in [0.2, 0.25) is 0 Å². The highest BCUT2D eigenvalue weighted by atomic mass is 16.3. The molecular formula is C10H12O. The van der Waals surface area contributed by atoms with Crippen molar-refractivity contribution in [2.24, 2.45) is 5.92 Å². The van der Waals surface area contributed by atoms with E-state index in [1.807, 2.05) is 18.2 Å². The van der Waals surface area contributed by atoms with Crippen molar-refractivity contribution in [1.29, 1.82) is 0 Å². The summed E-state index contributed by atoms with van der Waals surface area (Å²) < 4.78 is 0. The van der Waals surface area contributed by atoms with Crippen LogP contribution in [0.3, 0.4) is 0 Å². The van der Waals surface area contributed by atoms with Crippen LogP contribution >= 0.6 is 0 Å². The zero-order valence-electron chi connectivity index (χ0n) is 6.62. The van der Waals surface area contributed by atoms with E-state index >= 15 is 0 Å². The van der Waals surface area contributed by atoms with Crippen LogP contribution in [0.2, 0.25) is 0 Å². The highest BCUT2D eigenvalue weighted by molar-refractivity contribution is 5.38. The summed E-state index contributed by atoms with van der Waals surface area (Å²) in [6, 6.07) is 7.63. The molecule has 0 unspecified atom stereocenters. The highest BCUT2D eigenvalue weighted by Crippen LogP contribution is 2.49. The van der Waals surface area contributed by atoms with E-state index < -0.39 is 0 Å². The Morgan fingerprint density at radius 1 is 1.36 bits per heavy atom. The van der Waals surface area contributed by atoms with Crippen LogP contribution in [-0.4, -0.2) is 5.11 Å². The number of hydrogen-bond donors (Lipinski definition) is 1. The van der Waals surface area contributed by atoms with Crippen LogP contribution in [0.4, 0.5) is 0 Å². The maximum atomic E-state index is 9.44. The van der Waals surface area contributed by atoms with E-state index in [4.69, 9.17) is 0 Å². The van der Waals surface area contributed by atoms with Crippen LogP contribution in [0.15, 0.2) is 24.3 Å². The van der Waals surface area contributed by atoms with Crippen LogP contribution in [-0.2, 0) is 0 Å². The predicted octanol–water partition coefficient (Wildman–Crippen LogP) is 2.52. The topological polar surface area (TPSA) is 20.2 Å². The molecule has 0 radical (unpaired) electrons. The molecule has 0 bridgehead atoms. The van der Waals surface area contributed by atoms with Gasteiger partial charge in [0.05, 0.1) is 0 Å². The molecule has 1 fully saturated rings. The molecule has 1 N–H and O–H groups in total. The predicted molar refractivity (Wildman–Crippen MR) is 44.6 cm³/mol. The minimum absolute atomic E-state index is 0.460. The standard InChI is InChI=1S/C10H12O/c1-7-6-9(7)8-4-2-3-5-10(8)11/h2-5,7,9,11H,6H2,1H3/t7-,9-/m1/s1. The van der Waals surface area contributed by atoms with Gasteiger partial charge in [-0.15, -0.1) is 0 Å². The molecule has 1 aliphatic rings. The van der Waals surface area contributed by atoms with E-state index in [0.717, 1.165) is 11.5 Å². The molecule has 58 valence electrons. The van der Waals surface area contributed by atoms with E-state index in [1.165, 1.54) is 6.42 Å². The molecule has 0 aromatic heterocycles. The van der Waals surface area contributed by atoms with Crippen LogP contribution in [0.25, 0.3) is 0 Å². The quantitative estimate of drug-likeness (QED) is 0.648. The van der Waals surface area contributed by atoms with E-state index in [9.17, 15) is 5.11 Å². The van der Waals surface area contributed by atoms with Crippen LogP contribution in [0.5, 0.6) is 5.75 Å². The molecule has 0 amide bonds.